The summed E-state index contributed by atoms with van der Waals surface area (Å²) in [5.74, 6) is -0.965. The Hall–Kier alpha value is -2.21. The second-order valence-electron chi connectivity index (χ2n) is 6.92. The maximum absolute atomic E-state index is 14.1. The predicted molar refractivity (Wildman–Crippen MR) is 98.3 cm³/mol. The Morgan fingerprint density at radius 3 is 2.77 bits per heavy atom. The Morgan fingerprint density at radius 2 is 2.00 bits per heavy atom. The maximum Gasteiger partial charge on any atom is 0.177 e. The molecular weight excluding hydrogens is 353 g/mol. The lowest BCUT2D eigenvalue weighted by Crippen LogP contribution is -2.32. The Morgan fingerprint density at radius 1 is 1.19 bits per heavy atom. The van der Waals surface area contributed by atoms with Crippen LogP contribution >= 0.6 is 0 Å². The molecule has 1 unspecified atom stereocenters. The minimum absolute atomic E-state index is 0.0192. The van der Waals surface area contributed by atoms with Crippen molar-refractivity contribution in [2.24, 2.45) is 0 Å². The minimum Gasteiger partial charge on any atom is -0.361 e. The average Bonchev–Trinajstić information content (AvgIpc) is 2.91. The van der Waals surface area contributed by atoms with Crippen molar-refractivity contribution >= 4 is 21.7 Å². The highest BCUT2D eigenvalue weighted by molar-refractivity contribution is 7.95. The van der Waals surface area contributed by atoms with E-state index in [0.717, 1.165) is 18.5 Å². The van der Waals surface area contributed by atoms with Crippen LogP contribution < -0.4 is 5.32 Å². The number of carbonyl (C=O) groups excluding carboxylic acids is 1. The van der Waals surface area contributed by atoms with Crippen molar-refractivity contribution in [1.29, 1.82) is 0 Å². The SMILES string of the molecule is C/C=C\c1cc(C2C3=C(CCCC3=O)NC3=C2S(=O)(=O)CC3)ccc1F. The summed E-state index contributed by atoms with van der Waals surface area (Å²) in [7, 11) is -3.43. The largest absolute Gasteiger partial charge is 0.361 e. The van der Waals surface area contributed by atoms with Crippen LogP contribution in [0.25, 0.3) is 6.08 Å². The van der Waals surface area contributed by atoms with Gasteiger partial charge in [-0.2, -0.15) is 0 Å². The summed E-state index contributed by atoms with van der Waals surface area (Å²) in [6, 6.07) is 4.61. The first-order chi connectivity index (χ1) is 12.4. The molecule has 0 amide bonds. The summed E-state index contributed by atoms with van der Waals surface area (Å²) in [6.07, 6.45) is 5.73. The predicted octanol–water partition coefficient (Wildman–Crippen LogP) is 3.58. The third-order valence-corrected chi connectivity index (χ3v) is 7.16. The fraction of sp³-hybridized carbons (Fsp3) is 0.350. The van der Waals surface area contributed by atoms with Crippen molar-refractivity contribution in [2.45, 2.75) is 38.5 Å². The fourth-order valence-corrected chi connectivity index (χ4v) is 5.98. The Balaban J connectivity index is 1.95. The number of nitrogens with one attached hydrogen (secondary N) is 1. The van der Waals surface area contributed by atoms with E-state index < -0.39 is 15.8 Å². The quantitative estimate of drug-likeness (QED) is 0.861. The maximum atomic E-state index is 14.1. The highest BCUT2D eigenvalue weighted by Gasteiger charge is 2.44. The number of carbonyl (C=O) groups is 1. The zero-order valence-corrected chi connectivity index (χ0v) is 15.3. The first-order valence-electron chi connectivity index (χ1n) is 8.83. The van der Waals surface area contributed by atoms with Gasteiger partial charge in [-0.15, -0.1) is 0 Å². The van der Waals surface area contributed by atoms with Crippen LogP contribution in [0.5, 0.6) is 0 Å². The monoisotopic (exact) mass is 373 g/mol. The zero-order chi connectivity index (χ0) is 18.5. The van der Waals surface area contributed by atoms with E-state index in [1.807, 2.05) is 0 Å². The van der Waals surface area contributed by atoms with Crippen LogP contribution in [0.3, 0.4) is 0 Å². The van der Waals surface area contributed by atoms with Gasteiger partial charge in [0.15, 0.2) is 15.6 Å². The zero-order valence-electron chi connectivity index (χ0n) is 14.5. The van der Waals surface area contributed by atoms with Gasteiger partial charge in [-0.05, 0) is 37.5 Å². The molecule has 1 atom stereocenters. The van der Waals surface area contributed by atoms with Gasteiger partial charge < -0.3 is 5.32 Å². The summed E-state index contributed by atoms with van der Waals surface area (Å²) < 4.78 is 39.5. The van der Waals surface area contributed by atoms with Gasteiger partial charge in [0.2, 0.25) is 0 Å². The van der Waals surface area contributed by atoms with E-state index >= 15 is 0 Å². The Bertz CT molecular complexity index is 1000. The van der Waals surface area contributed by atoms with Crippen LogP contribution in [0.15, 0.2) is 46.1 Å². The van der Waals surface area contributed by atoms with E-state index in [-0.39, 0.29) is 17.4 Å². The van der Waals surface area contributed by atoms with Crippen LogP contribution in [0, 0.1) is 5.82 Å². The average molecular weight is 373 g/mol. The van der Waals surface area contributed by atoms with Crippen LogP contribution in [0.2, 0.25) is 0 Å². The van der Waals surface area contributed by atoms with E-state index in [1.165, 1.54) is 6.07 Å². The molecule has 2 aliphatic heterocycles. The summed E-state index contributed by atoms with van der Waals surface area (Å²) >= 11 is 0. The molecule has 1 aliphatic carbocycles. The van der Waals surface area contributed by atoms with E-state index in [4.69, 9.17) is 0 Å². The third kappa shape index (κ3) is 2.63. The third-order valence-electron chi connectivity index (χ3n) is 5.26. The van der Waals surface area contributed by atoms with Gasteiger partial charge in [-0.25, -0.2) is 12.8 Å². The number of Topliss-reactive ketones (excluding diaryl/α,β-unsaturated/α-hetero) is 1. The molecule has 4 rings (SSSR count). The lowest BCUT2D eigenvalue weighted by molar-refractivity contribution is -0.116. The van der Waals surface area contributed by atoms with Gasteiger partial charge in [-0.1, -0.05) is 18.2 Å². The van der Waals surface area contributed by atoms with Gasteiger partial charge in [0, 0.05) is 35.4 Å². The Kier molecular flexibility index (Phi) is 4.10. The molecule has 1 aromatic carbocycles. The molecule has 1 N–H and O–H groups in total. The second-order valence-corrected chi connectivity index (χ2v) is 9.00. The smallest absolute Gasteiger partial charge is 0.177 e. The molecule has 0 aromatic heterocycles. The van der Waals surface area contributed by atoms with E-state index in [1.54, 1.807) is 31.2 Å². The number of halogens is 1. The van der Waals surface area contributed by atoms with Crippen LogP contribution in [0.1, 0.15) is 49.7 Å². The molecule has 0 saturated heterocycles. The second kappa shape index (κ2) is 6.20. The van der Waals surface area contributed by atoms with Gasteiger partial charge in [0.1, 0.15) is 5.82 Å². The first kappa shape index (κ1) is 17.2. The summed E-state index contributed by atoms with van der Waals surface area (Å²) in [4.78, 5) is 13.0. The molecule has 1 aromatic rings. The summed E-state index contributed by atoms with van der Waals surface area (Å²) in [5.41, 5.74) is 3.12. The van der Waals surface area contributed by atoms with E-state index in [0.29, 0.717) is 40.1 Å². The molecule has 6 heteroatoms. The van der Waals surface area contributed by atoms with E-state index in [9.17, 15) is 17.6 Å². The number of sulfone groups is 1. The number of hydrogen-bond donors (Lipinski definition) is 1. The van der Waals surface area contributed by atoms with Crippen LogP contribution in [-0.4, -0.2) is 20.0 Å². The number of ketones is 1. The molecule has 0 radical (unpaired) electrons. The van der Waals surface area contributed by atoms with Gasteiger partial charge in [-0.3, -0.25) is 4.79 Å². The topological polar surface area (TPSA) is 63.2 Å². The summed E-state index contributed by atoms with van der Waals surface area (Å²) in [6.45, 7) is 1.80. The summed E-state index contributed by atoms with van der Waals surface area (Å²) in [5, 5.41) is 3.23. The van der Waals surface area contributed by atoms with Crippen LogP contribution in [0.4, 0.5) is 4.39 Å². The number of hydrogen-bond acceptors (Lipinski definition) is 4. The molecule has 26 heavy (non-hydrogen) atoms. The van der Waals surface area contributed by atoms with Crippen LogP contribution in [-0.2, 0) is 14.6 Å². The van der Waals surface area contributed by atoms with Crippen molar-refractivity contribution < 1.29 is 17.6 Å². The van der Waals surface area contributed by atoms with Gasteiger partial charge in [0.25, 0.3) is 0 Å². The first-order valence-corrected chi connectivity index (χ1v) is 10.5. The van der Waals surface area contributed by atoms with Gasteiger partial charge >= 0.3 is 0 Å². The minimum atomic E-state index is -3.43. The molecule has 2 heterocycles. The highest BCUT2D eigenvalue weighted by Crippen LogP contribution is 2.47. The normalized spacial score (nSPS) is 24.7. The lowest BCUT2D eigenvalue weighted by Gasteiger charge is -2.33. The number of allylic oxidation sites excluding steroid dienone is 5. The molecule has 0 spiro atoms. The molecule has 136 valence electrons. The van der Waals surface area contributed by atoms with Crippen molar-refractivity contribution in [1.82, 2.24) is 5.32 Å². The van der Waals surface area contributed by atoms with Crippen molar-refractivity contribution in [2.75, 3.05) is 5.75 Å². The number of rotatable bonds is 2. The molecule has 3 aliphatic rings. The van der Waals surface area contributed by atoms with Crippen molar-refractivity contribution in [3.8, 4) is 0 Å². The number of benzene rings is 1. The molecule has 4 nitrogen and oxygen atoms in total. The fourth-order valence-electron chi connectivity index (χ4n) is 4.14. The number of dihydropyridines is 1. The van der Waals surface area contributed by atoms with Crippen molar-refractivity contribution in [3.05, 3.63) is 63.1 Å². The molecule has 0 saturated carbocycles. The molecule has 0 bridgehead atoms. The Labute approximate surface area is 152 Å². The van der Waals surface area contributed by atoms with Crippen molar-refractivity contribution in [3.63, 3.8) is 0 Å². The standard InChI is InChI=1S/C20H20FNO3S/c1-2-4-12-11-13(7-8-14(12)21)18-19-15(5-3-6-17(19)23)22-16-9-10-26(24,25)20(16)18/h2,4,7-8,11,18,22H,3,5-6,9-10H2,1H3/b4-2-. The highest BCUT2D eigenvalue weighted by atomic mass is 32.2. The molecular formula is C20H20FNO3S. The van der Waals surface area contributed by atoms with E-state index in [2.05, 4.69) is 5.32 Å². The molecule has 0 fully saturated rings. The van der Waals surface area contributed by atoms with Gasteiger partial charge in [0.05, 0.1) is 16.6 Å². The lowest BCUT2D eigenvalue weighted by atomic mass is 9.79.